The zero-order valence-corrected chi connectivity index (χ0v) is 7.94. The summed E-state index contributed by atoms with van der Waals surface area (Å²) in [6.07, 6.45) is -1.91. The van der Waals surface area contributed by atoms with Gasteiger partial charge >= 0.3 is 5.97 Å². The van der Waals surface area contributed by atoms with Gasteiger partial charge < -0.3 is 19.3 Å². The Labute approximate surface area is 76.6 Å². The molecule has 0 aliphatic carbocycles. The summed E-state index contributed by atoms with van der Waals surface area (Å²) in [5.41, 5.74) is 0. The summed E-state index contributed by atoms with van der Waals surface area (Å²) in [4.78, 5) is 10.9. The van der Waals surface area contributed by atoms with Crippen molar-refractivity contribution in [3.8, 4) is 0 Å². The number of hydrogen-bond acceptors (Lipinski definition) is 5. The van der Waals surface area contributed by atoms with Gasteiger partial charge in [0, 0.05) is 0 Å². The molecule has 1 fully saturated rings. The molecule has 0 aromatic carbocycles. The molecule has 1 aliphatic rings. The number of carbonyl (C=O) groups is 1. The van der Waals surface area contributed by atoms with Gasteiger partial charge in [0.2, 0.25) is 0 Å². The molecule has 1 N–H and O–H groups in total. The summed E-state index contributed by atoms with van der Waals surface area (Å²) in [7, 11) is 1.21. The van der Waals surface area contributed by atoms with Gasteiger partial charge in [-0.25, -0.2) is 4.79 Å². The van der Waals surface area contributed by atoms with Gasteiger partial charge in [0.15, 0.2) is 11.9 Å². The summed E-state index contributed by atoms with van der Waals surface area (Å²) in [6, 6.07) is 0. The lowest BCUT2D eigenvalue weighted by Crippen LogP contribution is -2.37. The molecule has 0 saturated carbocycles. The predicted molar refractivity (Wildman–Crippen MR) is 42.9 cm³/mol. The van der Waals surface area contributed by atoms with E-state index in [0.29, 0.717) is 0 Å². The number of carbonyl (C=O) groups excluding carboxylic acids is 1. The number of aliphatic hydroxyl groups excluding tert-OH is 1. The number of methoxy groups -OCH3 is 1. The van der Waals surface area contributed by atoms with Crippen molar-refractivity contribution in [3.05, 3.63) is 0 Å². The van der Waals surface area contributed by atoms with Crippen molar-refractivity contribution in [1.82, 2.24) is 0 Å². The van der Waals surface area contributed by atoms with Crippen molar-refractivity contribution in [2.24, 2.45) is 0 Å². The van der Waals surface area contributed by atoms with Crippen LogP contribution in [0.15, 0.2) is 0 Å². The second kappa shape index (κ2) is 3.61. The third-order valence-corrected chi connectivity index (χ3v) is 1.83. The molecule has 5 heteroatoms. The lowest BCUT2D eigenvalue weighted by atomic mass is 10.2. The van der Waals surface area contributed by atoms with Crippen LogP contribution in [-0.2, 0) is 19.0 Å². The summed E-state index contributed by atoms with van der Waals surface area (Å²) in [5.74, 6) is -1.44. The van der Waals surface area contributed by atoms with Gasteiger partial charge in [0.25, 0.3) is 0 Å². The Morgan fingerprint density at radius 2 is 2.31 bits per heavy atom. The molecule has 0 bridgehead atoms. The van der Waals surface area contributed by atoms with Crippen LogP contribution >= 0.6 is 0 Å². The lowest BCUT2D eigenvalue weighted by molar-refractivity contribution is -0.170. The Balaban J connectivity index is 2.51. The fraction of sp³-hybridized carbons (Fsp3) is 0.875. The molecule has 1 heterocycles. The molecular formula is C8H14O5. The van der Waals surface area contributed by atoms with E-state index in [1.807, 2.05) is 0 Å². The minimum atomic E-state index is -1.27. The summed E-state index contributed by atoms with van der Waals surface area (Å²) in [5, 5.41) is 9.37. The normalized spacial score (nSPS) is 28.5. The second-order valence-corrected chi connectivity index (χ2v) is 3.34. The fourth-order valence-corrected chi connectivity index (χ4v) is 1.14. The van der Waals surface area contributed by atoms with E-state index in [0.717, 1.165) is 0 Å². The predicted octanol–water partition coefficient (Wildman–Crippen LogP) is -0.328. The highest BCUT2D eigenvalue weighted by molar-refractivity contribution is 5.75. The van der Waals surface area contributed by atoms with Gasteiger partial charge in [0.05, 0.1) is 13.7 Å². The van der Waals surface area contributed by atoms with Crippen molar-refractivity contribution >= 4 is 5.97 Å². The third-order valence-electron chi connectivity index (χ3n) is 1.83. The van der Waals surface area contributed by atoms with Crippen LogP contribution in [0.5, 0.6) is 0 Å². The Hall–Kier alpha value is -0.650. The van der Waals surface area contributed by atoms with Crippen LogP contribution in [0.1, 0.15) is 13.8 Å². The molecule has 0 unspecified atom stereocenters. The molecule has 2 atom stereocenters. The van der Waals surface area contributed by atoms with Crippen LogP contribution in [0.4, 0.5) is 0 Å². The first-order valence-corrected chi connectivity index (χ1v) is 4.04. The van der Waals surface area contributed by atoms with Crippen LogP contribution in [0.2, 0.25) is 0 Å². The zero-order chi connectivity index (χ0) is 10.1. The molecule has 0 aromatic heterocycles. The van der Waals surface area contributed by atoms with Gasteiger partial charge in [-0.2, -0.15) is 0 Å². The molecule has 76 valence electrons. The van der Waals surface area contributed by atoms with E-state index in [-0.39, 0.29) is 6.61 Å². The number of aliphatic hydroxyl groups is 1. The zero-order valence-electron chi connectivity index (χ0n) is 7.94. The summed E-state index contributed by atoms with van der Waals surface area (Å²) < 4.78 is 14.8. The standard InChI is InChI=1S/C8H14O5/c1-8(2)12-4-5(13-8)6(9)7(10)11-3/h5-6,9H,4H2,1-3H3/t5-,6-/m1/s1. The molecule has 0 spiro atoms. The molecule has 1 rings (SSSR count). The topological polar surface area (TPSA) is 65.0 Å². The first-order chi connectivity index (χ1) is 5.96. The van der Waals surface area contributed by atoms with E-state index in [2.05, 4.69) is 4.74 Å². The van der Waals surface area contributed by atoms with Gasteiger partial charge in [-0.1, -0.05) is 0 Å². The average Bonchev–Trinajstić information content (AvgIpc) is 2.43. The molecule has 1 saturated heterocycles. The number of ether oxygens (including phenoxy) is 3. The smallest absolute Gasteiger partial charge is 0.337 e. The quantitative estimate of drug-likeness (QED) is 0.604. The van der Waals surface area contributed by atoms with Crippen molar-refractivity contribution in [1.29, 1.82) is 0 Å². The molecule has 0 radical (unpaired) electrons. The maximum Gasteiger partial charge on any atom is 0.337 e. The SMILES string of the molecule is COC(=O)[C@H](O)[C@H]1COC(C)(C)O1. The van der Waals surface area contributed by atoms with E-state index < -0.39 is 24.0 Å². The van der Waals surface area contributed by atoms with E-state index in [4.69, 9.17) is 9.47 Å². The Kier molecular flexibility index (Phi) is 2.90. The van der Waals surface area contributed by atoms with Gasteiger partial charge in [-0.05, 0) is 13.8 Å². The Bertz CT molecular complexity index is 201. The molecule has 0 amide bonds. The van der Waals surface area contributed by atoms with Crippen LogP contribution < -0.4 is 0 Å². The maximum absolute atomic E-state index is 10.9. The van der Waals surface area contributed by atoms with Gasteiger partial charge in [0.1, 0.15) is 6.10 Å². The molecular weight excluding hydrogens is 176 g/mol. The largest absolute Gasteiger partial charge is 0.467 e. The fourth-order valence-electron chi connectivity index (χ4n) is 1.14. The lowest BCUT2D eigenvalue weighted by Gasteiger charge is -2.18. The van der Waals surface area contributed by atoms with Crippen LogP contribution in [-0.4, -0.2) is 42.8 Å². The van der Waals surface area contributed by atoms with E-state index in [1.54, 1.807) is 13.8 Å². The van der Waals surface area contributed by atoms with E-state index >= 15 is 0 Å². The van der Waals surface area contributed by atoms with Crippen LogP contribution in [0.3, 0.4) is 0 Å². The first-order valence-electron chi connectivity index (χ1n) is 4.04. The van der Waals surface area contributed by atoms with Crippen molar-refractivity contribution in [2.45, 2.75) is 31.8 Å². The maximum atomic E-state index is 10.9. The Morgan fingerprint density at radius 3 is 2.69 bits per heavy atom. The third kappa shape index (κ3) is 2.40. The number of rotatable bonds is 2. The van der Waals surface area contributed by atoms with Gasteiger partial charge in [-0.15, -0.1) is 0 Å². The van der Waals surface area contributed by atoms with Crippen molar-refractivity contribution < 1.29 is 24.1 Å². The molecule has 1 aliphatic heterocycles. The molecule has 13 heavy (non-hydrogen) atoms. The first kappa shape index (κ1) is 10.4. The summed E-state index contributed by atoms with van der Waals surface area (Å²) >= 11 is 0. The second-order valence-electron chi connectivity index (χ2n) is 3.34. The highest BCUT2D eigenvalue weighted by atomic mass is 16.7. The van der Waals surface area contributed by atoms with Crippen molar-refractivity contribution in [2.75, 3.05) is 13.7 Å². The number of esters is 1. The molecule has 5 nitrogen and oxygen atoms in total. The van der Waals surface area contributed by atoms with E-state index in [1.165, 1.54) is 7.11 Å². The minimum absolute atomic E-state index is 0.198. The van der Waals surface area contributed by atoms with E-state index in [9.17, 15) is 9.90 Å². The number of hydrogen-bond donors (Lipinski definition) is 1. The molecule has 0 aromatic rings. The average molecular weight is 190 g/mol. The van der Waals surface area contributed by atoms with Gasteiger partial charge in [-0.3, -0.25) is 0 Å². The highest BCUT2D eigenvalue weighted by Gasteiger charge is 2.39. The van der Waals surface area contributed by atoms with Crippen LogP contribution in [0, 0.1) is 0 Å². The van der Waals surface area contributed by atoms with Crippen LogP contribution in [0.25, 0.3) is 0 Å². The monoisotopic (exact) mass is 190 g/mol. The summed E-state index contributed by atoms with van der Waals surface area (Å²) in [6.45, 7) is 3.64. The Morgan fingerprint density at radius 1 is 1.69 bits per heavy atom. The minimum Gasteiger partial charge on any atom is -0.467 e. The van der Waals surface area contributed by atoms with Crippen molar-refractivity contribution in [3.63, 3.8) is 0 Å². The highest BCUT2D eigenvalue weighted by Crippen LogP contribution is 2.24.